The molecule has 0 unspecified atom stereocenters. The van der Waals surface area contributed by atoms with E-state index in [2.05, 4.69) is 22.6 Å². The number of amides is 1. The molecule has 3 N–H and O–H groups in total. The van der Waals surface area contributed by atoms with Gasteiger partial charge in [0.25, 0.3) is 5.91 Å². The lowest BCUT2D eigenvalue weighted by Gasteiger charge is -2.30. The highest BCUT2D eigenvalue weighted by atomic mass is 16.3. The maximum atomic E-state index is 12.1. The van der Waals surface area contributed by atoms with Gasteiger partial charge in [0.2, 0.25) is 0 Å². The molecule has 1 fully saturated rings. The molecule has 116 valence electrons. The highest BCUT2D eigenvalue weighted by molar-refractivity contribution is 5.97. The molecule has 2 rings (SSSR count). The number of rotatable bonds is 5. The van der Waals surface area contributed by atoms with Gasteiger partial charge in [-0.2, -0.15) is 0 Å². The molecule has 1 aliphatic rings. The van der Waals surface area contributed by atoms with Crippen molar-refractivity contribution < 1.29 is 9.90 Å². The Labute approximate surface area is 126 Å². The predicted octanol–water partition coefficient (Wildman–Crippen LogP) is 1.22. The number of likely N-dealkylation sites (tertiary alicyclic amines) is 1. The van der Waals surface area contributed by atoms with E-state index >= 15 is 0 Å². The average Bonchev–Trinajstić information content (AvgIpc) is 2.49. The van der Waals surface area contributed by atoms with E-state index in [1.165, 1.54) is 0 Å². The van der Waals surface area contributed by atoms with E-state index in [0.717, 1.165) is 37.2 Å². The van der Waals surface area contributed by atoms with Crippen molar-refractivity contribution in [3.05, 3.63) is 29.3 Å². The van der Waals surface area contributed by atoms with Gasteiger partial charge >= 0.3 is 0 Å². The first kappa shape index (κ1) is 15.8. The normalized spacial score (nSPS) is 16.7. The Balaban J connectivity index is 2.05. The van der Waals surface area contributed by atoms with Gasteiger partial charge in [-0.25, -0.2) is 0 Å². The van der Waals surface area contributed by atoms with E-state index in [0.29, 0.717) is 11.6 Å². The molecule has 1 aliphatic heterocycles. The molecule has 0 saturated carbocycles. The third kappa shape index (κ3) is 4.19. The summed E-state index contributed by atoms with van der Waals surface area (Å²) in [6.07, 6.45) is 2.24. The number of aliphatic hydroxyl groups is 1. The number of piperidine rings is 1. The van der Waals surface area contributed by atoms with Crippen LogP contribution in [-0.4, -0.2) is 55.2 Å². The van der Waals surface area contributed by atoms with Gasteiger partial charge in [-0.1, -0.05) is 6.07 Å². The predicted molar refractivity (Wildman–Crippen MR) is 84.7 cm³/mol. The van der Waals surface area contributed by atoms with E-state index in [1.807, 2.05) is 25.1 Å². The monoisotopic (exact) mass is 291 g/mol. The van der Waals surface area contributed by atoms with Gasteiger partial charge in [0.1, 0.15) is 0 Å². The van der Waals surface area contributed by atoms with E-state index in [4.69, 9.17) is 5.11 Å². The van der Waals surface area contributed by atoms with Crippen molar-refractivity contribution in [2.45, 2.75) is 25.8 Å². The van der Waals surface area contributed by atoms with E-state index < -0.39 is 0 Å². The number of benzene rings is 1. The maximum absolute atomic E-state index is 12.1. The minimum atomic E-state index is -0.131. The second-order valence-electron chi connectivity index (χ2n) is 5.68. The molecule has 1 aromatic carbocycles. The summed E-state index contributed by atoms with van der Waals surface area (Å²) < 4.78 is 0. The summed E-state index contributed by atoms with van der Waals surface area (Å²) in [6, 6.07) is 6.21. The Morgan fingerprint density at radius 1 is 1.38 bits per heavy atom. The number of nitrogens with zero attached hydrogens (tertiary/aromatic N) is 1. The largest absolute Gasteiger partial charge is 0.395 e. The standard InChI is InChI=1S/C16H25N3O2/c1-12-14(16(21)17-8-11-20)4-3-5-15(12)18-13-6-9-19(2)10-7-13/h3-5,13,18,20H,6-11H2,1-2H3,(H,17,21). The SMILES string of the molecule is Cc1c(NC2CCN(C)CC2)cccc1C(=O)NCCO. The minimum absolute atomic E-state index is 0.0433. The highest BCUT2D eigenvalue weighted by Gasteiger charge is 2.18. The average molecular weight is 291 g/mol. The van der Waals surface area contributed by atoms with Gasteiger partial charge in [0.15, 0.2) is 0 Å². The van der Waals surface area contributed by atoms with Crippen molar-refractivity contribution in [1.29, 1.82) is 0 Å². The molecular weight excluding hydrogens is 266 g/mol. The Morgan fingerprint density at radius 3 is 2.76 bits per heavy atom. The summed E-state index contributed by atoms with van der Waals surface area (Å²) >= 11 is 0. The maximum Gasteiger partial charge on any atom is 0.251 e. The van der Waals surface area contributed by atoms with Gasteiger partial charge < -0.3 is 20.6 Å². The molecule has 1 aromatic rings. The lowest BCUT2D eigenvalue weighted by molar-refractivity contribution is 0.0944. The molecule has 21 heavy (non-hydrogen) atoms. The zero-order chi connectivity index (χ0) is 15.2. The first-order chi connectivity index (χ1) is 10.1. The van der Waals surface area contributed by atoms with E-state index in [1.54, 1.807) is 0 Å². The molecule has 0 aromatic heterocycles. The van der Waals surface area contributed by atoms with Crippen LogP contribution in [0, 0.1) is 6.92 Å². The van der Waals surface area contributed by atoms with E-state index in [9.17, 15) is 4.79 Å². The van der Waals surface area contributed by atoms with Crippen molar-refractivity contribution in [3.8, 4) is 0 Å². The number of nitrogens with one attached hydrogen (secondary N) is 2. The molecule has 0 spiro atoms. The molecule has 0 bridgehead atoms. The molecule has 1 saturated heterocycles. The van der Waals surface area contributed by atoms with Crippen molar-refractivity contribution in [1.82, 2.24) is 10.2 Å². The van der Waals surface area contributed by atoms with Crippen LogP contribution in [0.4, 0.5) is 5.69 Å². The Bertz CT molecular complexity index is 482. The Kier molecular flexibility index (Phi) is 5.59. The molecule has 5 nitrogen and oxygen atoms in total. The first-order valence-electron chi connectivity index (χ1n) is 7.55. The van der Waals surface area contributed by atoms with Crippen LogP contribution in [0.25, 0.3) is 0 Å². The summed E-state index contributed by atoms with van der Waals surface area (Å²) in [5.74, 6) is -0.131. The molecule has 0 atom stereocenters. The first-order valence-corrected chi connectivity index (χ1v) is 7.55. The topological polar surface area (TPSA) is 64.6 Å². The number of hydrogen-bond acceptors (Lipinski definition) is 4. The second-order valence-corrected chi connectivity index (χ2v) is 5.68. The lowest BCUT2D eigenvalue weighted by atomic mass is 10.0. The zero-order valence-corrected chi connectivity index (χ0v) is 12.9. The van der Waals surface area contributed by atoms with Crippen LogP contribution in [0.3, 0.4) is 0 Å². The summed E-state index contributed by atoms with van der Waals surface area (Å²) in [5.41, 5.74) is 2.66. The Morgan fingerprint density at radius 2 is 2.10 bits per heavy atom. The lowest BCUT2D eigenvalue weighted by Crippen LogP contribution is -2.37. The minimum Gasteiger partial charge on any atom is -0.395 e. The van der Waals surface area contributed by atoms with Gasteiger partial charge in [-0.15, -0.1) is 0 Å². The quantitative estimate of drug-likeness (QED) is 0.763. The summed E-state index contributed by atoms with van der Waals surface area (Å²) in [5, 5.41) is 15.1. The molecule has 0 radical (unpaired) electrons. The van der Waals surface area contributed by atoms with Gasteiger partial charge in [-0.3, -0.25) is 4.79 Å². The second kappa shape index (κ2) is 7.43. The molecular formula is C16H25N3O2. The fraction of sp³-hybridized carbons (Fsp3) is 0.562. The van der Waals surface area contributed by atoms with Crippen molar-refractivity contribution in [2.24, 2.45) is 0 Å². The summed E-state index contributed by atoms with van der Waals surface area (Å²) in [6.45, 7) is 4.41. The molecule has 0 aliphatic carbocycles. The number of anilines is 1. The van der Waals surface area contributed by atoms with E-state index in [-0.39, 0.29) is 19.1 Å². The fourth-order valence-electron chi connectivity index (χ4n) is 2.68. The number of carbonyl (C=O) groups is 1. The third-order valence-electron chi connectivity index (χ3n) is 4.05. The van der Waals surface area contributed by atoms with Gasteiger partial charge in [0.05, 0.1) is 6.61 Å². The number of aliphatic hydroxyl groups excluding tert-OH is 1. The summed E-state index contributed by atoms with van der Waals surface area (Å²) in [4.78, 5) is 14.4. The van der Waals surface area contributed by atoms with Crippen LogP contribution in [0.2, 0.25) is 0 Å². The molecule has 1 amide bonds. The van der Waals surface area contributed by atoms with Crippen molar-refractivity contribution in [2.75, 3.05) is 38.6 Å². The van der Waals surface area contributed by atoms with Crippen molar-refractivity contribution >= 4 is 11.6 Å². The van der Waals surface area contributed by atoms with Crippen molar-refractivity contribution in [3.63, 3.8) is 0 Å². The van der Waals surface area contributed by atoms with Crippen LogP contribution in [0.1, 0.15) is 28.8 Å². The van der Waals surface area contributed by atoms with Crippen LogP contribution < -0.4 is 10.6 Å². The highest BCUT2D eigenvalue weighted by Crippen LogP contribution is 2.22. The number of hydrogen-bond donors (Lipinski definition) is 3. The van der Waals surface area contributed by atoms with Crippen LogP contribution in [0.15, 0.2) is 18.2 Å². The Hall–Kier alpha value is -1.59. The fourth-order valence-corrected chi connectivity index (χ4v) is 2.68. The summed E-state index contributed by atoms with van der Waals surface area (Å²) in [7, 11) is 2.15. The van der Waals surface area contributed by atoms with Crippen LogP contribution >= 0.6 is 0 Å². The molecule has 1 heterocycles. The molecule has 5 heteroatoms. The smallest absolute Gasteiger partial charge is 0.251 e. The third-order valence-corrected chi connectivity index (χ3v) is 4.05. The van der Waals surface area contributed by atoms with Crippen LogP contribution in [-0.2, 0) is 0 Å². The van der Waals surface area contributed by atoms with Gasteiger partial charge in [0, 0.05) is 23.8 Å². The number of carbonyl (C=O) groups excluding carboxylic acids is 1. The zero-order valence-electron chi connectivity index (χ0n) is 12.9. The van der Waals surface area contributed by atoms with Gasteiger partial charge in [-0.05, 0) is 57.6 Å². The van der Waals surface area contributed by atoms with Crippen LogP contribution in [0.5, 0.6) is 0 Å².